The van der Waals surface area contributed by atoms with Crippen LogP contribution in [0.3, 0.4) is 0 Å². The van der Waals surface area contributed by atoms with E-state index >= 15 is 0 Å². The monoisotopic (exact) mass is 180 g/mol. The van der Waals surface area contributed by atoms with Gasteiger partial charge in [-0.3, -0.25) is 0 Å². The lowest BCUT2D eigenvalue weighted by Crippen LogP contribution is -1.93. The average molecular weight is 180 g/mol. The minimum atomic E-state index is -0.138. The van der Waals surface area contributed by atoms with Crippen LogP contribution in [0.15, 0.2) is 18.2 Å². The number of benzene rings is 1. The minimum absolute atomic E-state index is 0.138. The van der Waals surface area contributed by atoms with E-state index in [9.17, 15) is 4.39 Å². The van der Waals surface area contributed by atoms with E-state index in [0.29, 0.717) is 11.8 Å². The number of hydrogen-bond acceptors (Lipinski definition) is 1. The first-order valence-corrected chi connectivity index (χ1v) is 4.60. The van der Waals surface area contributed by atoms with Crippen LogP contribution in [0.1, 0.15) is 23.5 Å². The van der Waals surface area contributed by atoms with Gasteiger partial charge in [-0.05, 0) is 42.4 Å². The van der Waals surface area contributed by atoms with Crippen molar-refractivity contribution in [2.45, 2.75) is 19.3 Å². The fraction of sp³-hybridized carbons (Fsp3) is 0.455. The molecule has 0 bridgehead atoms. The number of hydrogen-bond donors (Lipinski definition) is 1. The molecule has 2 heteroatoms. The summed E-state index contributed by atoms with van der Waals surface area (Å²) in [5.41, 5.74) is 1.81. The Hall–Kier alpha value is -0.890. The average Bonchev–Trinajstić information content (AvgIpc) is 2.89. The van der Waals surface area contributed by atoms with Crippen LogP contribution in [0.4, 0.5) is 4.39 Å². The molecule has 2 unspecified atom stereocenters. The summed E-state index contributed by atoms with van der Waals surface area (Å²) in [5, 5.41) is 8.90. The van der Waals surface area contributed by atoms with Gasteiger partial charge >= 0.3 is 0 Å². The lowest BCUT2D eigenvalue weighted by molar-refractivity contribution is 0.274. The SMILES string of the molecule is Cc1c(F)cccc1C1CC1CO. The molecule has 1 aromatic carbocycles. The lowest BCUT2D eigenvalue weighted by Gasteiger charge is -2.04. The lowest BCUT2D eigenvalue weighted by atomic mass is 10.0. The van der Waals surface area contributed by atoms with E-state index in [-0.39, 0.29) is 12.4 Å². The number of aliphatic hydroxyl groups excluding tert-OH is 1. The molecular weight excluding hydrogens is 167 g/mol. The van der Waals surface area contributed by atoms with Crippen LogP contribution in [-0.4, -0.2) is 11.7 Å². The molecule has 1 aliphatic carbocycles. The smallest absolute Gasteiger partial charge is 0.126 e. The van der Waals surface area contributed by atoms with Crippen LogP contribution in [0, 0.1) is 18.7 Å². The van der Waals surface area contributed by atoms with Crippen LogP contribution in [-0.2, 0) is 0 Å². The summed E-state index contributed by atoms with van der Waals surface area (Å²) in [6, 6.07) is 5.18. The summed E-state index contributed by atoms with van der Waals surface area (Å²) in [5.74, 6) is 0.613. The van der Waals surface area contributed by atoms with Gasteiger partial charge in [-0.2, -0.15) is 0 Å². The first-order chi connectivity index (χ1) is 6.24. The Morgan fingerprint density at radius 1 is 1.54 bits per heavy atom. The zero-order valence-electron chi connectivity index (χ0n) is 7.63. The van der Waals surface area contributed by atoms with Gasteiger partial charge in [0.1, 0.15) is 5.82 Å². The molecule has 1 saturated carbocycles. The molecule has 70 valence electrons. The normalized spacial score (nSPS) is 26.1. The van der Waals surface area contributed by atoms with Gasteiger partial charge in [0.25, 0.3) is 0 Å². The standard InChI is InChI=1S/C11H13FO/c1-7-9(3-2-4-11(7)12)10-5-8(10)6-13/h2-4,8,10,13H,5-6H2,1H3. The van der Waals surface area contributed by atoms with Gasteiger partial charge in [0.05, 0.1) is 0 Å². The summed E-state index contributed by atoms with van der Waals surface area (Å²) in [6.07, 6.45) is 1.00. The molecular formula is C11H13FO. The Bertz CT molecular complexity index is 322. The highest BCUT2D eigenvalue weighted by Crippen LogP contribution is 2.48. The zero-order valence-corrected chi connectivity index (χ0v) is 7.63. The largest absolute Gasteiger partial charge is 0.396 e. The number of halogens is 1. The predicted molar refractivity (Wildman–Crippen MR) is 49.1 cm³/mol. The maximum Gasteiger partial charge on any atom is 0.126 e. The summed E-state index contributed by atoms with van der Waals surface area (Å²) in [4.78, 5) is 0. The Morgan fingerprint density at radius 2 is 2.31 bits per heavy atom. The van der Waals surface area contributed by atoms with E-state index in [2.05, 4.69) is 0 Å². The third-order valence-corrected chi connectivity index (χ3v) is 2.87. The molecule has 2 rings (SSSR count). The van der Waals surface area contributed by atoms with Crippen LogP contribution < -0.4 is 0 Å². The maximum absolute atomic E-state index is 13.1. The Balaban J connectivity index is 2.27. The van der Waals surface area contributed by atoms with Gasteiger partial charge in [-0.25, -0.2) is 4.39 Å². The van der Waals surface area contributed by atoms with Gasteiger partial charge < -0.3 is 5.11 Å². The van der Waals surface area contributed by atoms with Crippen molar-refractivity contribution >= 4 is 0 Å². The van der Waals surface area contributed by atoms with Gasteiger partial charge in [0.15, 0.2) is 0 Å². The molecule has 0 aromatic heterocycles. The van der Waals surface area contributed by atoms with Crippen molar-refractivity contribution in [3.05, 3.63) is 35.1 Å². The molecule has 13 heavy (non-hydrogen) atoms. The molecule has 1 aromatic rings. The van der Waals surface area contributed by atoms with Crippen LogP contribution in [0.5, 0.6) is 0 Å². The van der Waals surface area contributed by atoms with Crippen molar-refractivity contribution in [1.29, 1.82) is 0 Å². The Labute approximate surface area is 77.2 Å². The summed E-state index contributed by atoms with van der Waals surface area (Å²) in [6.45, 7) is 2.03. The number of aliphatic hydroxyl groups is 1. The molecule has 2 atom stereocenters. The number of rotatable bonds is 2. The molecule has 0 heterocycles. The van der Waals surface area contributed by atoms with Crippen LogP contribution in [0.2, 0.25) is 0 Å². The van der Waals surface area contributed by atoms with E-state index in [1.54, 1.807) is 13.0 Å². The van der Waals surface area contributed by atoms with Crippen molar-refractivity contribution in [1.82, 2.24) is 0 Å². The van der Waals surface area contributed by atoms with Crippen molar-refractivity contribution < 1.29 is 9.50 Å². The zero-order chi connectivity index (χ0) is 9.42. The molecule has 0 saturated heterocycles. The fourth-order valence-electron chi connectivity index (χ4n) is 1.86. The predicted octanol–water partition coefficient (Wildman–Crippen LogP) is 2.23. The van der Waals surface area contributed by atoms with Gasteiger partial charge in [0.2, 0.25) is 0 Å². The molecule has 0 aliphatic heterocycles. The third-order valence-electron chi connectivity index (χ3n) is 2.87. The van der Waals surface area contributed by atoms with E-state index in [4.69, 9.17) is 5.11 Å². The summed E-state index contributed by atoms with van der Waals surface area (Å²) < 4.78 is 13.1. The van der Waals surface area contributed by atoms with E-state index in [1.807, 2.05) is 6.07 Å². The summed E-state index contributed by atoms with van der Waals surface area (Å²) in [7, 11) is 0. The molecule has 0 radical (unpaired) electrons. The van der Waals surface area contributed by atoms with Gasteiger partial charge in [-0.15, -0.1) is 0 Å². The minimum Gasteiger partial charge on any atom is -0.396 e. The molecule has 1 fully saturated rings. The van der Waals surface area contributed by atoms with Crippen LogP contribution in [0.25, 0.3) is 0 Å². The Kier molecular flexibility index (Phi) is 2.08. The fourth-order valence-corrected chi connectivity index (χ4v) is 1.86. The van der Waals surface area contributed by atoms with Crippen molar-refractivity contribution in [2.75, 3.05) is 6.61 Å². The highest BCUT2D eigenvalue weighted by atomic mass is 19.1. The molecule has 1 aliphatic rings. The van der Waals surface area contributed by atoms with Gasteiger partial charge in [0, 0.05) is 6.61 Å². The van der Waals surface area contributed by atoms with E-state index in [1.165, 1.54) is 6.07 Å². The van der Waals surface area contributed by atoms with Gasteiger partial charge in [-0.1, -0.05) is 12.1 Å². The topological polar surface area (TPSA) is 20.2 Å². The highest BCUT2D eigenvalue weighted by Gasteiger charge is 2.38. The second-order valence-electron chi connectivity index (χ2n) is 3.74. The van der Waals surface area contributed by atoms with E-state index < -0.39 is 0 Å². The molecule has 0 amide bonds. The van der Waals surface area contributed by atoms with Crippen LogP contribution >= 0.6 is 0 Å². The summed E-state index contributed by atoms with van der Waals surface area (Å²) >= 11 is 0. The molecule has 1 nitrogen and oxygen atoms in total. The molecule has 0 spiro atoms. The Morgan fingerprint density at radius 3 is 2.92 bits per heavy atom. The van der Waals surface area contributed by atoms with Crippen molar-refractivity contribution in [3.63, 3.8) is 0 Å². The quantitative estimate of drug-likeness (QED) is 0.740. The third kappa shape index (κ3) is 1.46. The second kappa shape index (κ2) is 3.11. The highest BCUT2D eigenvalue weighted by molar-refractivity contribution is 5.34. The first-order valence-electron chi connectivity index (χ1n) is 4.60. The van der Waals surface area contributed by atoms with E-state index in [0.717, 1.165) is 17.5 Å². The second-order valence-corrected chi connectivity index (χ2v) is 3.74. The maximum atomic E-state index is 13.1. The van der Waals surface area contributed by atoms with Crippen molar-refractivity contribution in [2.24, 2.45) is 5.92 Å². The first kappa shape index (κ1) is 8.70. The van der Waals surface area contributed by atoms with Crippen molar-refractivity contribution in [3.8, 4) is 0 Å². The molecule has 1 N–H and O–H groups in total.